The summed E-state index contributed by atoms with van der Waals surface area (Å²) in [4.78, 5) is 25.7. The number of rotatable bonds is 9. The van der Waals surface area contributed by atoms with E-state index in [1.807, 2.05) is 18.2 Å². The van der Waals surface area contributed by atoms with Crippen molar-refractivity contribution in [2.75, 3.05) is 18.4 Å². The second kappa shape index (κ2) is 11.5. The molecule has 0 spiro atoms. The Morgan fingerprint density at radius 1 is 1.06 bits per heavy atom. The zero-order valence-corrected chi connectivity index (χ0v) is 20.3. The van der Waals surface area contributed by atoms with E-state index < -0.39 is 5.97 Å². The van der Waals surface area contributed by atoms with Crippen LogP contribution in [-0.4, -0.2) is 51.2 Å². The molecular formula is C24H25Cl2N5O4. The summed E-state index contributed by atoms with van der Waals surface area (Å²) in [5, 5.41) is 24.0. The predicted octanol–water partition coefficient (Wildman–Crippen LogP) is 4.53. The number of carboxylic acids is 1. The maximum Gasteiger partial charge on any atom is 0.335 e. The minimum Gasteiger partial charge on any atom is -0.478 e. The van der Waals surface area contributed by atoms with Gasteiger partial charge in [-0.15, -0.1) is 5.10 Å². The van der Waals surface area contributed by atoms with Crippen LogP contribution < -0.4 is 10.6 Å². The van der Waals surface area contributed by atoms with E-state index in [0.29, 0.717) is 28.0 Å². The third-order valence-corrected chi connectivity index (χ3v) is 6.50. The molecule has 0 atom stereocenters. The number of aromatic nitrogens is 2. The van der Waals surface area contributed by atoms with Crippen molar-refractivity contribution < 1.29 is 19.1 Å². The Bertz CT molecular complexity index is 1180. The molecule has 9 nitrogen and oxygen atoms in total. The molecule has 1 amide bonds. The SMILES string of the molecule is O=C(CCc1nnc(Nc2ccc(C(=O)O)cc2)o1)NC1CCN(Cc2ccc(Cl)c(Cl)c2)CC1. The molecule has 0 saturated carbocycles. The Hall–Kier alpha value is -3.14. The number of anilines is 2. The maximum atomic E-state index is 12.4. The number of carboxylic acid groups (broad SMARTS) is 1. The van der Waals surface area contributed by atoms with Crippen molar-refractivity contribution >= 4 is 46.8 Å². The number of benzene rings is 2. The van der Waals surface area contributed by atoms with Gasteiger partial charge in [-0.1, -0.05) is 34.4 Å². The van der Waals surface area contributed by atoms with Crippen LogP contribution in [0.25, 0.3) is 0 Å². The Morgan fingerprint density at radius 2 is 1.80 bits per heavy atom. The topological polar surface area (TPSA) is 121 Å². The van der Waals surface area contributed by atoms with E-state index >= 15 is 0 Å². The Morgan fingerprint density at radius 3 is 2.49 bits per heavy atom. The lowest BCUT2D eigenvalue weighted by atomic mass is 10.0. The van der Waals surface area contributed by atoms with Crippen molar-refractivity contribution in [1.82, 2.24) is 20.4 Å². The number of piperidine rings is 1. The fourth-order valence-corrected chi connectivity index (χ4v) is 4.20. The molecule has 0 aliphatic carbocycles. The van der Waals surface area contributed by atoms with Crippen LogP contribution in [0, 0.1) is 0 Å². The number of likely N-dealkylation sites (tertiary alicyclic amines) is 1. The van der Waals surface area contributed by atoms with Crippen molar-refractivity contribution in [2.24, 2.45) is 0 Å². The Kier molecular flexibility index (Phi) is 8.22. The van der Waals surface area contributed by atoms with Crippen molar-refractivity contribution in [2.45, 2.75) is 38.3 Å². The molecule has 0 bridgehead atoms. The first-order valence-electron chi connectivity index (χ1n) is 11.2. The Labute approximate surface area is 212 Å². The highest BCUT2D eigenvalue weighted by atomic mass is 35.5. The van der Waals surface area contributed by atoms with E-state index in [0.717, 1.165) is 38.0 Å². The van der Waals surface area contributed by atoms with Crippen LogP contribution in [-0.2, 0) is 17.8 Å². The summed E-state index contributed by atoms with van der Waals surface area (Å²) in [6.07, 6.45) is 2.33. The van der Waals surface area contributed by atoms with Gasteiger partial charge in [-0.2, -0.15) is 0 Å². The summed E-state index contributed by atoms with van der Waals surface area (Å²) in [5.74, 6) is -0.699. The van der Waals surface area contributed by atoms with Gasteiger partial charge in [0.15, 0.2) is 0 Å². The Balaban J connectivity index is 1.17. The van der Waals surface area contributed by atoms with Crippen LogP contribution in [0.1, 0.15) is 41.1 Å². The second-order valence-corrected chi connectivity index (χ2v) is 9.19. The minimum absolute atomic E-state index is 0.0510. The number of aryl methyl sites for hydroxylation is 1. The second-order valence-electron chi connectivity index (χ2n) is 8.37. The number of nitrogens with zero attached hydrogens (tertiary/aromatic N) is 3. The van der Waals surface area contributed by atoms with Crippen molar-refractivity contribution in [3.63, 3.8) is 0 Å². The van der Waals surface area contributed by atoms with Crippen LogP contribution in [0.3, 0.4) is 0 Å². The molecule has 4 rings (SSSR count). The fourth-order valence-electron chi connectivity index (χ4n) is 3.88. The van der Waals surface area contributed by atoms with Crippen LogP contribution in [0.4, 0.5) is 11.7 Å². The van der Waals surface area contributed by atoms with Gasteiger partial charge in [-0.3, -0.25) is 9.69 Å². The van der Waals surface area contributed by atoms with E-state index in [2.05, 4.69) is 25.7 Å². The molecule has 184 valence electrons. The quantitative estimate of drug-likeness (QED) is 0.378. The molecule has 11 heteroatoms. The molecule has 0 unspecified atom stereocenters. The smallest absolute Gasteiger partial charge is 0.335 e. The van der Waals surface area contributed by atoms with E-state index in [1.165, 1.54) is 12.1 Å². The lowest BCUT2D eigenvalue weighted by molar-refractivity contribution is -0.122. The number of aromatic carboxylic acids is 1. The standard InChI is InChI=1S/C24H25Cl2N5O4/c25-19-6-1-15(13-20(19)26)14-31-11-9-18(10-12-31)27-21(32)7-8-22-29-30-24(35-22)28-17-4-2-16(3-5-17)23(33)34/h1-6,13,18H,7-12,14H2,(H,27,32)(H,28,30)(H,33,34). The third-order valence-electron chi connectivity index (χ3n) is 5.76. The van der Waals surface area contributed by atoms with Gasteiger partial charge in [0.25, 0.3) is 0 Å². The van der Waals surface area contributed by atoms with Gasteiger partial charge in [-0.05, 0) is 54.8 Å². The zero-order valence-electron chi connectivity index (χ0n) is 18.8. The molecule has 3 aromatic rings. The van der Waals surface area contributed by atoms with Gasteiger partial charge in [-0.25, -0.2) is 4.79 Å². The third kappa shape index (κ3) is 7.17. The first-order chi connectivity index (χ1) is 16.9. The van der Waals surface area contributed by atoms with Crippen molar-refractivity contribution in [3.8, 4) is 0 Å². The first kappa shape index (κ1) is 25.0. The van der Waals surface area contributed by atoms with E-state index in [1.54, 1.807) is 12.1 Å². The number of carbonyl (C=O) groups is 2. The molecule has 3 N–H and O–H groups in total. The molecule has 1 aromatic heterocycles. The highest BCUT2D eigenvalue weighted by Gasteiger charge is 2.21. The monoisotopic (exact) mass is 517 g/mol. The van der Waals surface area contributed by atoms with E-state index in [4.69, 9.17) is 32.7 Å². The highest BCUT2D eigenvalue weighted by Crippen LogP contribution is 2.24. The number of halogens is 2. The van der Waals surface area contributed by atoms with Crippen LogP contribution in [0.2, 0.25) is 10.0 Å². The summed E-state index contributed by atoms with van der Waals surface area (Å²) >= 11 is 12.1. The highest BCUT2D eigenvalue weighted by molar-refractivity contribution is 6.42. The normalized spacial score (nSPS) is 14.6. The maximum absolute atomic E-state index is 12.4. The van der Waals surface area contributed by atoms with Crippen LogP contribution in [0.5, 0.6) is 0 Å². The van der Waals surface area contributed by atoms with Crippen LogP contribution in [0.15, 0.2) is 46.9 Å². The number of hydrogen-bond acceptors (Lipinski definition) is 7. The van der Waals surface area contributed by atoms with Crippen LogP contribution >= 0.6 is 23.2 Å². The lowest BCUT2D eigenvalue weighted by Gasteiger charge is -2.32. The molecule has 1 fully saturated rings. The fraction of sp³-hybridized carbons (Fsp3) is 0.333. The summed E-state index contributed by atoms with van der Waals surface area (Å²) in [6.45, 7) is 2.57. The average molecular weight is 518 g/mol. The van der Waals surface area contributed by atoms with Gasteiger partial charge < -0.3 is 20.2 Å². The van der Waals surface area contributed by atoms with Crippen molar-refractivity contribution in [3.05, 3.63) is 69.5 Å². The summed E-state index contributed by atoms with van der Waals surface area (Å²) in [7, 11) is 0. The molecule has 1 aliphatic rings. The summed E-state index contributed by atoms with van der Waals surface area (Å²) in [5.41, 5.74) is 1.92. The molecule has 0 radical (unpaired) electrons. The number of carbonyl (C=O) groups excluding carboxylic acids is 1. The van der Waals surface area contributed by atoms with Gasteiger partial charge in [0.05, 0.1) is 15.6 Å². The van der Waals surface area contributed by atoms with E-state index in [-0.39, 0.29) is 29.9 Å². The average Bonchev–Trinajstić information content (AvgIpc) is 3.29. The number of amides is 1. The molecule has 2 heterocycles. The summed E-state index contributed by atoms with van der Waals surface area (Å²) in [6, 6.07) is 12.2. The van der Waals surface area contributed by atoms with Gasteiger partial charge in [0.1, 0.15) is 0 Å². The molecule has 35 heavy (non-hydrogen) atoms. The summed E-state index contributed by atoms with van der Waals surface area (Å²) < 4.78 is 5.54. The minimum atomic E-state index is -0.997. The van der Waals surface area contributed by atoms with Gasteiger partial charge in [0.2, 0.25) is 11.8 Å². The molecule has 1 aliphatic heterocycles. The van der Waals surface area contributed by atoms with Crippen molar-refractivity contribution in [1.29, 1.82) is 0 Å². The van der Waals surface area contributed by atoms with E-state index in [9.17, 15) is 9.59 Å². The molecular weight excluding hydrogens is 493 g/mol. The zero-order chi connectivity index (χ0) is 24.8. The largest absolute Gasteiger partial charge is 0.478 e. The number of hydrogen-bond donors (Lipinski definition) is 3. The van der Waals surface area contributed by atoms with Gasteiger partial charge in [0, 0.05) is 44.2 Å². The molecule has 2 aromatic carbocycles. The first-order valence-corrected chi connectivity index (χ1v) is 12.0. The van der Waals surface area contributed by atoms with Gasteiger partial charge >= 0.3 is 12.0 Å². The lowest BCUT2D eigenvalue weighted by Crippen LogP contribution is -2.44. The number of nitrogens with one attached hydrogen (secondary N) is 2. The predicted molar refractivity (Wildman–Crippen MR) is 132 cm³/mol. The molecule has 1 saturated heterocycles.